The first-order chi connectivity index (χ1) is 9.15. The molecular formula is C15H14BrNOS. The smallest absolute Gasteiger partial charge is 0.234 e. The third-order valence-corrected chi connectivity index (χ3v) is 4.21. The van der Waals surface area contributed by atoms with Crippen LogP contribution in [-0.2, 0) is 4.79 Å². The van der Waals surface area contributed by atoms with Gasteiger partial charge in [0.2, 0.25) is 5.91 Å². The number of carbonyl (C=O) groups excluding carboxylic acids is 1. The Morgan fingerprint density at radius 3 is 2.68 bits per heavy atom. The Balaban J connectivity index is 1.93. The number of nitrogens with one attached hydrogen (secondary N) is 1. The van der Waals surface area contributed by atoms with Gasteiger partial charge in [-0.15, -0.1) is 11.8 Å². The van der Waals surface area contributed by atoms with Gasteiger partial charge in [-0.25, -0.2) is 0 Å². The lowest BCUT2D eigenvalue weighted by Crippen LogP contribution is -2.14. The van der Waals surface area contributed by atoms with E-state index in [4.69, 9.17) is 0 Å². The van der Waals surface area contributed by atoms with Crippen molar-refractivity contribution in [3.63, 3.8) is 0 Å². The summed E-state index contributed by atoms with van der Waals surface area (Å²) in [4.78, 5) is 13.0. The normalized spacial score (nSPS) is 10.2. The molecule has 0 aliphatic carbocycles. The second kappa shape index (κ2) is 6.78. The van der Waals surface area contributed by atoms with Crippen molar-refractivity contribution >= 4 is 39.3 Å². The number of aryl methyl sites for hydroxylation is 1. The third-order valence-electron chi connectivity index (χ3n) is 2.51. The maximum Gasteiger partial charge on any atom is 0.234 e. The minimum Gasteiger partial charge on any atom is -0.324 e. The summed E-state index contributed by atoms with van der Waals surface area (Å²) in [6.07, 6.45) is 0. The van der Waals surface area contributed by atoms with E-state index in [1.807, 2.05) is 55.5 Å². The number of hydrogen-bond acceptors (Lipinski definition) is 2. The summed E-state index contributed by atoms with van der Waals surface area (Å²) in [6.45, 7) is 2.00. The largest absolute Gasteiger partial charge is 0.324 e. The first-order valence-corrected chi connectivity index (χ1v) is 7.67. The summed E-state index contributed by atoms with van der Waals surface area (Å²) in [5.41, 5.74) is 1.94. The molecule has 2 aromatic carbocycles. The van der Waals surface area contributed by atoms with Gasteiger partial charge in [-0.1, -0.05) is 24.3 Å². The Morgan fingerprint density at radius 1 is 1.21 bits per heavy atom. The van der Waals surface area contributed by atoms with E-state index in [2.05, 4.69) is 21.2 Å². The maximum atomic E-state index is 11.9. The SMILES string of the molecule is Cc1ccc(Br)c(NC(=O)CSc2ccccc2)c1. The van der Waals surface area contributed by atoms with Crippen LogP contribution in [0.3, 0.4) is 0 Å². The Bertz CT molecular complexity index is 572. The zero-order chi connectivity index (χ0) is 13.7. The number of thioether (sulfide) groups is 1. The maximum absolute atomic E-state index is 11.9. The van der Waals surface area contributed by atoms with E-state index in [1.54, 1.807) is 0 Å². The topological polar surface area (TPSA) is 29.1 Å². The summed E-state index contributed by atoms with van der Waals surface area (Å²) in [5, 5.41) is 2.91. The fraction of sp³-hybridized carbons (Fsp3) is 0.133. The molecule has 0 heterocycles. The van der Waals surface area contributed by atoms with Gasteiger partial charge in [0.25, 0.3) is 0 Å². The molecule has 0 bridgehead atoms. The highest BCUT2D eigenvalue weighted by atomic mass is 79.9. The van der Waals surface area contributed by atoms with Crippen molar-refractivity contribution in [3.8, 4) is 0 Å². The molecule has 2 nitrogen and oxygen atoms in total. The summed E-state index contributed by atoms with van der Waals surface area (Å²) in [6, 6.07) is 15.8. The molecule has 0 radical (unpaired) electrons. The van der Waals surface area contributed by atoms with Gasteiger partial charge >= 0.3 is 0 Å². The van der Waals surface area contributed by atoms with Gasteiger partial charge < -0.3 is 5.32 Å². The Labute approximate surface area is 125 Å². The Kier molecular flexibility index (Phi) is 5.05. The standard InChI is InChI=1S/C15H14BrNOS/c1-11-7-8-13(16)14(9-11)17-15(18)10-19-12-5-3-2-4-6-12/h2-9H,10H2,1H3,(H,17,18). The van der Waals surface area contributed by atoms with Crippen LogP contribution >= 0.6 is 27.7 Å². The average Bonchev–Trinajstić information content (AvgIpc) is 2.42. The quantitative estimate of drug-likeness (QED) is 0.834. The van der Waals surface area contributed by atoms with Gasteiger partial charge in [-0.2, -0.15) is 0 Å². The van der Waals surface area contributed by atoms with Crippen LogP contribution in [0.1, 0.15) is 5.56 Å². The van der Waals surface area contributed by atoms with E-state index in [0.29, 0.717) is 5.75 Å². The van der Waals surface area contributed by atoms with E-state index in [1.165, 1.54) is 11.8 Å². The molecule has 0 aliphatic rings. The van der Waals surface area contributed by atoms with Gasteiger partial charge in [0.15, 0.2) is 0 Å². The van der Waals surface area contributed by atoms with Crippen molar-refractivity contribution < 1.29 is 4.79 Å². The third kappa shape index (κ3) is 4.40. The summed E-state index contributed by atoms with van der Waals surface area (Å²) < 4.78 is 0.899. The monoisotopic (exact) mass is 335 g/mol. The molecule has 1 amide bonds. The van der Waals surface area contributed by atoms with Crippen LogP contribution in [-0.4, -0.2) is 11.7 Å². The van der Waals surface area contributed by atoms with E-state index in [-0.39, 0.29) is 5.91 Å². The second-order valence-corrected chi connectivity index (χ2v) is 6.04. The van der Waals surface area contributed by atoms with Crippen LogP contribution in [0.5, 0.6) is 0 Å². The van der Waals surface area contributed by atoms with Gasteiger partial charge in [-0.05, 0) is 52.7 Å². The van der Waals surface area contributed by atoms with Crippen LogP contribution in [0.2, 0.25) is 0 Å². The number of benzene rings is 2. The van der Waals surface area contributed by atoms with Crippen molar-refractivity contribution in [2.24, 2.45) is 0 Å². The van der Waals surface area contributed by atoms with Crippen LogP contribution < -0.4 is 5.32 Å². The zero-order valence-corrected chi connectivity index (χ0v) is 12.9. The molecule has 4 heteroatoms. The molecule has 0 atom stereocenters. The molecular weight excluding hydrogens is 322 g/mol. The number of hydrogen-bond donors (Lipinski definition) is 1. The molecule has 0 fully saturated rings. The van der Waals surface area contributed by atoms with E-state index in [9.17, 15) is 4.79 Å². The Morgan fingerprint density at radius 2 is 1.95 bits per heavy atom. The lowest BCUT2D eigenvalue weighted by Gasteiger charge is -2.08. The second-order valence-electron chi connectivity index (χ2n) is 4.13. The number of carbonyl (C=O) groups is 1. The molecule has 1 N–H and O–H groups in total. The lowest BCUT2D eigenvalue weighted by atomic mass is 10.2. The molecule has 0 saturated carbocycles. The molecule has 2 rings (SSSR count). The van der Waals surface area contributed by atoms with Crippen LogP contribution in [0.4, 0.5) is 5.69 Å². The van der Waals surface area contributed by atoms with Crippen LogP contribution in [0.15, 0.2) is 57.9 Å². The molecule has 2 aromatic rings. The highest BCUT2D eigenvalue weighted by Gasteiger charge is 2.06. The van der Waals surface area contributed by atoms with Gasteiger partial charge in [0, 0.05) is 9.37 Å². The number of halogens is 1. The van der Waals surface area contributed by atoms with Crippen LogP contribution in [0.25, 0.3) is 0 Å². The number of rotatable bonds is 4. The molecule has 0 unspecified atom stereocenters. The molecule has 0 spiro atoms. The molecule has 0 aliphatic heterocycles. The first-order valence-electron chi connectivity index (χ1n) is 5.89. The van der Waals surface area contributed by atoms with Crippen molar-refractivity contribution in [2.75, 3.05) is 11.1 Å². The van der Waals surface area contributed by atoms with Crippen molar-refractivity contribution in [2.45, 2.75) is 11.8 Å². The summed E-state index contributed by atoms with van der Waals surface area (Å²) in [5.74, 6) is 0.407. The van der Waals surface area contributed by atoms with Crippen molar-refractivity contribution in [3.05, 3.63) is 58.6 Å². The van der Waals surface area contributed by atoms with Crippen molar-refractivity contribution in [1.82, 2.24) is 0 Å². The zero-order valence-electron chi connectivity index (χ0n) is 10.5. The predicted octanol–water partition coefficient (Wildman–Crippen LogP) is 4.49. The lowest BCUT2D eigenvalue weighted by molar-refractivity contribution is -0.113. The van der Waals surface area contributed by atoms with E-state index < -0.39 is 0 Å². The average molecular weight is 336 g/mol. The number of anilines is 1. The van der Waals surface area contributed by atoms with Crippen molar-refractivity contribution in [1.29, 1.82) is 0 Å². The Hall–Kier alpha value is -1.26. The van der Waals surface area contributed by atoms with Gasteiger partial charge in [-0.3, -0.25) is 4.79 Å². The van der Waals surface area contributed by atoms with Gasteiger partial charge in [0.1, 0.15) is 0 Å². The first kappa shape index (κ1) is 14.2. The van der Waals surface area contributed by atoms with E-state index in [0.717, 1.165) is 20.6 Å². The number of amides is 1. The molecule has 98 valence electrons. The minimum atomic E-state index is 0.000142. The highest BCUT2D eigenvalue weighted by molar-refractivity contribution is 9.10. The van der Waals surface area contributed by atoms with Gasteiger partial charge in [0.05, 0.1) is 11.4 Å². The summed E-state index contributed by atoms with van der Waals surface area (Å²) in [7, 11) is 0. The molecule has 0 aromatic heterocycles. The fourth-order valence-electron chi connectivity index (χ4n) is 1.59. The minimum absolute atomic E-state index is 0.000142. The highest BCUT2D eigenvalue weighted by Crippen LogP contribution is 2.24. The van der Waals surface area contributed by atoms with E-state index >= 15 is 0 Å². The summed E-state index contributed by atoms with van der Waals surface area (Å²) >= 11 is 4.96. The predicted molar refractivity (Wildman–Crippen MR) is 84.7 cm³/mol. The fourth-order valence-corrected chi connectivity index (χ4v) is 2.65. The molecule has 19 heavy (non-hydrogen) atoms. The van der Waals surface area contributed by atoms with Crippen LogP contribution in [0, 0.1) is 6.92 Å². The molecule has 0 saturated heterocycles.